The molecule has 6 heteroatoms. The van der Waals surface area contributed by atoms with Gasteiger partial charge in [0.25, 0.3) is 11.8 Å². The smallest absolute Gasteiger partial charge is 0.275 e. The molecule has 24 heavy (non-hydrogen) atoms. The van der Waals surface area contributed by atoms with Crippen molar-refractivity contribution in [1.29, 1.82) is 0 Å². The minimum atomic E-state index is -0.0944. The number of nitrogens with one attached hydrogen (secondary N) is 3. The number of amides is 2. The fraction of sp³-hybridized carbons (Fsp3) is 0.556. The summed E-state index contributed by atoms with van der Waals surface area (Å²) in [4.78, 5) is 24.5. The molecule has 1 aromatic rings. The van der Waals surface area contributed by atoms with Gasteiger partial charge in [-0.3, -0.25) is 9.59 Å². The van der Waals surface area contributed by atoms with Gasteiger partial charge in [-0.05, 0) is 32.4 Å². The number of quaternary nitrogens is 1. The molecule has 0 heterocycles. The van der Waals surface area contributed by atoms with Gasteiger partial charge in [-0.1, -0.05) is 12.1 Å². The highest BCUT2D eigenvalue weighted by Crippen LogP contribution is 2.03. The van der Waals surface area contributed by atoms with Crippen molar-refractivity contribution in [3.05, 3.63) is 35.4 Å². The molecule has 0 spiro atoms. The first-order valence-corrected chi connectivity index (χ1v) is 8.43. The number of hydrogen-bond acceptors (Lipinski definition) is 3. The zero-order valence-electron chi connectivity index (χ0n) is 15.1. The van der Waals surface area contributed by atoms with Crippen LogP contribution in [0.2, 0.25) is 0 Å². The van der Waals surface area contributed by atoms with Crippen LogP contribution < -0.4 is 15.5 Å². The molecule has 0 aliphatic rings. The number of ether oxygens (including phenoxy) is 1. The van der Waals surface area contributed by atoms with Gasteiger partial charge in [0.2, 0.25) is 0 Å². The molecular formula is C18H30N3O3+. The lowest BCUT2D eigenvalue weighted by atomic mass is 10.1. The molecule has 0 aliphatic heterocycles. The maximum Gasteiger partial charge on any atom is 0.275 e. The van der Waals surface area contributed by atoms with Crippen molar-refractivity contribution in [1.82, 2.24) is 10.6 Å². The van der Waals surface area contributed by atoms with Crippen molar-refractivity contribution in [2.75, 3.05) is 33.8 Å². The predicted octanol–water partition coefficient (Wildman–Crippen LogP) is -0.00780. The van der Waals surface area contributed by atoms with Gasteiger partial charge < -0.3 is 20.3 Å². The molecule has 134 valence electrons. The third-order valence-electron chi connectivity index (χ3n) is 3.51. The molecule has 6 nitrogen and oxygen atoms in total. The van der Waals surface area contributed by atoms with Crippen LogP contribution in [0.3, 0.4) is 0 Å². The van der Waals surface area contributed by atoms with E-state index in [4.69, 9.17) is 4.74 Å². The Bertz CT molecular complexity index is 515. The average Bonchev–Trinajstić information content (AvgIpc) is 2.54. The first kappa shape index (κ1) is 20.1. The molecule has 3 N–H and O–H groups in total. The lowest BCUT2D eigenvalue weighted by Crippen LogP contribution is -3.08. The second-order valence-corrected chi connectivity index (χ2v) is 6.21. The summed E-state index contributed by atoms with van der Waals surface area (Å²) >= 11 is 0. The largest absolute Gasteiger partial charge is 0.379 e. The Kier molecular flexibility index (Phi) is 9.04. The lowest BCUT2D eigenvalue weighted by molar-refractivity contribution is -0.885. The molecule has 2 amide bonds. The van der Waals surface area contributed by atoms with Gasteiger partial charge in [-0.25, -0.2) is 0 Å². The number of likely N-dealkylation sites (N-methyl/N-ethyl adjacent to an activating group) is 1. The summed E-state index contributed by atoms with van der Waals surface area (Å²) < 4.78 is 5.43. The van der Waals surface area contributed by atoms with Gasteiger partial charge in [0.1, 0.15) is 6.54 Å². The van der Waals surface area contributed by atoms with Gasteiger partial charge in [0.15, 0.2) is 6.54 Å². The fourth-order valence-electron chi connectivity index (χ4n) is 2.28. The molecule has 1 aromatic carbocycles. The van der Waals surface area contributed by atoms with Gasteiger partial charge in [0.05, 0.1) is 13.2 Å². The lowest BCUT2D eigenvalue weighted by Gasteiger charge is -2.14. The third kappa shape index (κ3) is 8.08. The van der Waals surface area contributed by atoms with E-state index in [1.807, 2.05) is 33.0 Å². The summed E-state index contributed by atoms with van der Waals surface area (Å²) in [6.45, 7) is 6.45. The highest BCUT2D eigenvalue weighted by atomic mass is 16.5. The van der Waals surface area contributed by atoms with Gasteiger partial charge in [0, 0.05) is 31.3 Å². The Morgan fingerprint density at radius 3 is 2.46 bits per heavy atom. The fourth-order valence-corrected chi connectivity index (χ4v) is 2.28. The zero-order chi connectivity index (χ0) is 17.9. The summed E-state index contributed by atoms with van der Waals surface area (Å²) in [5, 5.41) is 5.51. The molecule has 0 aliphatic carbocycles. The Morgan fingerprint density at radius 1 is 1.21 bits per heavy atom. The van der Waals surface area contributed by atoms with E-state index in [0.29, 0.717) is 25.3 Å². The summed E-state index contributed by atoms with van der Waals surface area (Å²) in [7, 11) is 3.59. The minimum absolute atomic E-state index is 0.0408. The van der Waals surface area contributed by atoms with Crippen LogP contribution in [0.15, 0.2) is 24.3 Å². The van der Waals surface area contributed by atoms with Crippen LogP contribution in [0.1, 0.15) is 36.2 Å². The van der Waals surface area contributed by atoms with E-state index in [1.165, 1.54) is 0 Å². The quantitative estimate of drug-likeness (QED) is 0.527. The number of benzene rings is 1. The molecule has 0 bridgehead atoms. The third-order valence-corrected chi connectivity index (χ3v) is 3.51. The van der Waals surface area contributed by atoms with Crippen molar-refractivity contribution in [2.24, 2.45) is 0 Å². The number of carbonyl (C=O) groups is 2. The van der Waals surface area contributed by atoms with Crippen molar-refractivity contribution < 1.29 is 19.2 Å². The van der Waals surface area contributed by atoms with Crippen LogP contribution in [-0.4, -0.2) is 51.7 Å². The van der Waals surface area contributed by atoms with Crippen LogP contribution in [0.5, 0.6) is 0 Å². The van der Waals surface area contributed by atoms with Crippen LogP contribution in [-0.2, 0) is 16.1 Å². The molecule has 1 unspecified atom stereocenters. The maximum absolute atomic E-state index is 11.9. The number of rotatable bonds is 10. The van der Waals surface area contributed by atoms with E-state index in [9.17, 15) is 9.59 Å². The van der Waals surface area contributed by atoms with Crippen molar-refractivity contribution in [3.8, 4) is 0 Å². The van der Waals surface area contributed by atoms with Gasteiger partial charge >= 0.3 is 0 Å². The molecule has 1 atom stereocenters. The van der Waals surface area contributed by atoms with Crippen LogP contribution >= 0.6 is 0 Å². The van der Waals surface area contributed by atoms with Crippen molar-refractivity contribution >= 4 is 11.8 Å². The summed E-state index contributed by atoms with van der Waals surface area (Å²) in [6.07, 6.45) is 1.05. The zero-order valence-corrected chi connectivity index (χ0v) is 15.1. The Morgan fingerprint density at radius 2 is 1.88 bits per heavy atom. The first-order valence-electron chi connectivity index (χ1n) is 8.43. The van der Waals surface area contributed by atoms with E-state index in [1.54, 1.807) is 19.2 Å². The van der Waals surface area contributed by atoms with Crippen LogP contribution in [0.25, 0.3) is 0 Å². The highest BCUT2D eigenvalue weighted by molar-refractivity contribution is 5.93. The Hall–Kier alpha value is -1.92. The summed E-state index contributed by atoms with van der Waals surface area (Å²) in [6, 6.07) is 7.46. The molecule has 0 fully saturated rings. The van der Waals surface area contributed by atoms with E-state index in [2.05, 4.69) is 10.6 Å². The molecule has 1 rings (SSSR count). The standard InChI is InChI=1S/C18H29N3O3/c1-14(2)24-11-5-10-20-17(22)13-21(4)12-15-6-8-16(9-7-15)18(23)19-3/h6-9,14H,5,10-13H2,1-4H3,(H,19,23)(H,20,22)/p+1. The van der Waals surface area contributed by atoms with Crippen molar-refractivity contribution in [2.45, 2.75) is 32.9 Å². The number of carbonyl (C=O) groups excluding carboxylic acids is 2. The van der Waals surface area contributed by atoms with E-state index >= 15 is 0 Å². The normalized spacial score (nSPS) is 12.0. The molecular weight excluding hydrogens is 306 g/mol. The van der Waals surface area contributed by atoms with E-state index in [0.717, 1.165) is 23.4 Å². The summed E-state index contributed by atoms with van der Waals surface area (Å²) in [5.41, 5.74) is 1.73. The second-order valence-electron chi connectivity index (χ2n) is 6.21. The molecule has 0 saturated heterocycles. The van der Waals surface area contributed by atoms with Gasteiger partial charge in [-0.15, -0.1) is 0 Å². The molecule has 0 saturated carbocycles. The topological polar surface area (TPSA) is 71.9 Å². The van der Waals surface area contributed by atoms with E-state index < -0.39 is 0 Å². The monoisotopic (exact) mass is 336 g/mol. The molecule has 0 aromatic heterocycles. The predicted molar refractivity (Wildman–Crippen MR) is 94.0 cm³/mol. The second kappa shape index (κ2) is 10.8. The van der Waals surface area contributed by atoms with Crippen molar-refractivity contribution in [3.63, 3.8) is 0 Å². The van der Waals surface area contributed by atoms with Gasteiger partial charge in [-0.2, -0.15) is 0 Å². The average molecular weight is 336 g/mol. The minimum Gasteiger partial charge on any atom is -0.379 e. The Balaban J connectivity index is 2.28. The maximum atomic E-state index is 11.9. The number of hydrogen-bond donors (Lipinski definition) is 3. The molecule has 0 radical (unpaired) electrons. The van der Waals surface area contributed by atoms with E-state index in [-0.39, 0.29) is 17.9 Å². The SMILES string of the molecule is CNC(=O)c1ccc(C[NH+](C)CC(=O)NCCCOC(C)C)cc1. The van der Waals surface area contributed by atoms with Crippen LogP contribution in [0, 0.1) is 0 Å². The first-order chi connectivity index (χ1) is 11.4. The van der Waals surface area contributed by atoms with Crippen LogP contribution in [0.4, 0.5) is 0 Å². The summed E-state index contributed by atoms with van der Waals surface area (Å²) in [5.74, 6) is -0.0536. The highest BCUT2D eigenvalue weighted by Gasteiger charge is 2.11. The Labute approximate surface area is 144 Å².